The Bertz CT molecular complexity index is 561. The lowest BCUT2D eigenvalue weighted by Crippen LogP contribution is -2.21. The molecule has 2 aromatic rings. The van der Waals surface area contributed by atoms with Crippen LogP contribution in [0.25, 0.3) is 0 Å². The van der Waals surface area contributed by atoms with E-state index in [-0.39, 0.29) is 6.04 Å². The zero-order valence-corrected chi connectivity index (χ0v) is 13.2. The van der Waals surface area contributed by atoms with Crippen LogP contribution in [0.4, 0.5) is 0 Å². The molecule has 1 unspecified atom stereocenters. The van der Waals surface area contributed by atoms with E-state index < -0.39 is 0 Å². The average Bonchev–Trinajstić information content (AvgIpc) is 3.05. The molecule has 0 spiro atoms. The predicted octanol–water partition coefficient (Wildman–Crippen LogP) is 3.11. The first-order valence-electron chi connectivity index (χ1n) is 7.38. The molecule has 0 amide bonds. The van der Waals surface area contributed by atoms with Crippen LogP contribution in [-0.4, -0.2) is 21.6 Å². The van der Waals surface area contributed by atoms with Crippen molar-refractivity contribution in [3.05, 3.63) is 33.8 Å². The molecular formula is C15H22N4S. The second-order valence-electron chi connectivity index (χ2n) is 5.67. The minimum Gasteiger partial charge on any atom is -0.330 e. The predicted molar refractivity (Wildman–Crippen MR) is 82.3 cm³/mol. The van der Waals surface area contributed by atoms with Gasteiger partial charge in [0.1, 0.15) is 11.0 Å². The molecule has 1 aliphatic rings. The van der Waals surface area contributed by atoms with Crippen LogP contribution in [0, 0.1) is 0 Å². The summed E-state index contributed by atoms with van der Waals surface area (Å²) in [6.45, 7) is 4.37. The van der Waals surface area contributed by atoms with Crippen molar-refractivity contribution in [1.29, 1.82) is 0 Å². The van der Waals surface area contributed by atoms with Gasteiger partial charge in [-0.25, -0.2) is 9.97 Å². The van der Waals surface area contributed by atoms with Crippen LogP contribution >= 0.6 is 11.3 Å². The quantitative estimate of drug-likeness (QED) is 0.941. The van der Waals surface area contributed by atoms with E-state index in [4.69, 9.17) is 4.98 Å². The van der Waals surface area contributed by atoms with Crippen LogP contribution < -0.4 is 5.32 Å². The summed E-state index contributed by atoms with van der Waals surface area (Å²) in [5.41, 5.74) is 2.53. The van der Waals surface area contributed by atoms with Crippen LogP contribution in [-0.2, 0) is 12.8 Å². The van der Waals surface area contributed by atoms with Gasteiger partial charge in [-0.15, -0.1) is 11.3 Å². The Labute approximate surface area is 124 Å². The van der Waals surface area contributed by atoms with Gasteiger partial charge >= 0.3 is 0 Å². The van der Waals surface area contributed by atoms with Gasteiger partial charge in [0.25, 0.3) is 0 Å². The highest BCUT2D eigenvalue weighted by atomic mass is 32.1. The third-order valence-electron chi connectivity index (χ3n) is 3.95. The molecule has 2 aromatic heterocycles. The molecule has 0 fully saturated rings. The number of hydrogen-bond donors (Lipinski definition) is 1. The molecule has 0 bridgehead atoms. The van der Waals surface area contributed by atoms with Gasteiger partial charge in [-0.05, 0) is 46.6 Å². The molecule has 108 valence electrons. The van der Waals surface area contributed by atoms with Crippen molar-refractivity contribution in [2.45, 2.75) is 51.6 Å². The molecule has 0 saturated carbocycles. The highest BCUT2D eigenvalue weighted by Gasteiger charge is 2.24. The summed E-state index contributed by atoms with van der Waals surface area (Å²) < 4.78 is 2.22. The lowest BCUT2D eigenvalue weighted by molar-refractivity contribution is 0.534. The fraction of sp³-hybridized carbons (Fsp3) is 0.600. The molecule has 1 N–H and O–H groups in total. The standard InChI is InChI=1S/C15H22N4S/c1-10(2)19-9-17-8-12(19)14(16-3)15-18-11-6-4-5-7-13(11)20-15/h8-10,14,16H,4-7H2,1-3H3. The molecule has 2 heterocycles. The highest BCUT2D eigenvalue weighted by Crippen LogP contribution is 2.32. The number of thiazole rings is 1. The van der Waals surface area contributed by atoms with E-state index in [1.54, 1.807) is 0 Å². The van der Waals surface area contributed by atoms with Crippen molar-refractivity contribution in [1.82, 2.24) is 19.9 Å². The van der Waals surface area contributed by atoms with Crippen molar-refractivity contribution >= 4 is 11.3 Å². The maximum absolute atomic E-state index is 4.89. The number of imidazole rings is 1. The smallest absolute Gasteiger partial charge is 0.116 e. The van der Waals surface area contributed by atoms with E-state index in [0.29, 0.717) is 6.04 Å². The summed E-state index contributed by atoms with van der Waals surface area (Å²) in [6.07, 6.45) is 8.81. The SMILES string of the molecule is CNC(c1nc2c(s1)CCCC2)c1cncn1C(C)C. The molecule has 20 heavy (non-hydrogen) atoms. The first-order chi connectivity index (χ1) is 9.70. The topological polar surface area (TPSA) is 42.7 Å². The van der Waals surface area contributed by atoms with Gasteiger partial charge in [-0.1, -0.05) is 0 Å². The Balaban J connectivity index is 1.97. The van der Waals surface area contributed by atoms with Gasteiger partial charge in [-0.3, -0.25) is 0 Å². The minimum absolute atomic E-state index is 0.149. The van der Waals surface area contributed by atoms with Crippen molar-refractivity contribution in [2.75, 3.05) is 7.05 Å². The summed E-state index contributed by atoms with van der Waals surface area (Å²) in [7, 11) is 2.00. The highest BCUT2D eigenvalue weighted by molar-refractivity contribution is 7.11. The summed E-state index contributed by atoms with van der Waals surface area (Å²) >= 11 is 1.87. The van der Waals surface area contributed by atoms with E-state index in [0.717, 1.165) is 6.42 Å². The minimum atomic E-state index is 0.149. The number of hydrogen-bond acceptors (Lipinski definition) is 4. The Hall–Kier alpha value is -1.20. The van der Waals surface area contributed by atoms with Crippen LogP contribution in [0.3, 0.4) is 0 Å². The van der Waals surface area contributed by atoms with E-state index in [9.17, 15) is 0 Å². The fourth-order valence-electron chi connectivity index (χ4n) is 2.86. The summed E-state index contributed by atoms with van der Waals surface area (Å²) in [4.78, 5) is 10.7. The summed E-state index contributed by atoms with van der Waals surface area (Å²) in [5, 5.41) is 4.59. The normalized spacial score (nSPS) is 16.4. The first kappa shape index (κ1) is 13.8. The van der Waals surface area contributed by atoms with Crippen LogP contribution in [0.15, 0.2) is 12.5 Å². The van der Waals surface area contributed by atoms with Gasteiger partial charge in [0.15, 0.2) is 0 Å². The Morgan fingerprint density at radius 1 is 1.30 bits per heavy atom. The van der Waals surface area contributed by atoms with Gasteiger partial charge in [-0.2, -0.15) is 0 Å². The zero-order valence-electron chi connectivity index (χ0n) is 12.4. The molecule has 0 aromatic carbocycles. The van der Waals surface area contributed by atoms with E-state index in [1.165, 1.54) is 40.5 Å². The third-order valence-corrected chi connectivity index (χ3v) is 5.17. The molecule has 1 atom stereocenters. The van der Waals surface area contributed by atoms with Gasteiger partial charge in [0.05, 0.1) is 23.9 Å². The first-order valence-corrected chi connectivity index (χ1v) is 8.19. The number of aryl methyl sites for hydroxylation is 2. The maximum Gasteiger partial charge on any atom is 0.116 e. The molecule has 5 heteroatoms. The lowest BCUT2D eigenvalue weighted by atomic mass is 10.0. The molecule has 4 nitrogen and oxygen atoms in total. The summed E-state index contributed by atoms with van der Waals surface area (Å²) in [5.74, 6) is 0. The van der Waals surface area contributed by atoms with Crippen LogP contribution in [0.2, 0.25) is 0 Å². The van der Waals surface area contributed by atoms with Crippen molar-refractivity contribution < 1.29 is 0 Å². The summed E-state index contributed by atoms with van der Waals surface area (Å²) in [6, 6.07) is 0.563. The number of aromatic nitrogens is 3. The second-order valence-corrected chi connectivity index (χ2v) is 6.79. The number of nitrogens with zero attached hydrogens (tertiary/aromatic N) is 3. The zero-order chi connectivity index (χ0) is 14.1. The third kappa shape index (κ3) is 2.40. The van der Waals surface area contributed by atoms with Crippen LogP contribution in [0.5, 0.6) is 0 Å². The van der Waals surface area contributed by atoms with Crippen molar-refractivity contribution in [2.24, 2.45) is 0 Å². The lowest BCUT2D eigenvalue weighted by Gasteiger charge is -2.18. The number of rotatable bonds is 4. The van der Waals surface area contributed by atoms with Crippen molar-refractivity contribution in [3.63, 3.8) is 0 Å². The number of fused-ring (bicyclic) bond motifs is 1. The molecule has 1 aliphatic carbocycles. The Morgan fingerprint density at radius 3 is 2.80 bits per heavy atom. The van der Waals surface area contributed by atoms with E-state index in [2.05, 4.69) is 28.7 Å². The fourth-order valence-corrected chi connectivity index (χ4v) is 4.14. The molecule has 0 aliphatic heterocycles. The molecule has 0 radical (unpaired) electrons. The van der Waals surface area contributed by atoms with Crippen molar-refractivity contribution in [3.8, 4) is 0 Å². The molecular weight excluding hydrogens is 268 g/mol. The maximum atomic E-state index is 4.89. The number of nitrogens with one attached hydrogen (secondary N) is 1. The van der Waals surface area contributed by atoms with Crippen LogP contribution in [0.1, 0.15) is 60.0 Å². The van der Waals surface area contributed by atoms with E-state index in [1.807, 2.05) is 30.9 Å². The second kappa shape index (κ2) is 5.66. The Kier molecular flexibility index (Phi) is 3.89. The van der Waals surface area contributed by atoms with Gasteiger partial charge in [0.2, 0.25) is 0 Å². The Morgan fingerprint density at radius 2 is 2.10 bits per heavy atom. The largest absolute Gasteiger partial charge is 0.330 e. The molecule has 0 saturated heterocycles. The molecule has 3 rings (SSSR count). The van der Waals surface area contributed by atoms with E-state index >= 15 is 0 Å². The van der Waals surface area contributed by atoms with Gasteiger partial charge in [0, 0.05) is 10.9 Å². The monoisotopic (exact) mass is 290 g/mol. The average molecular weight is 290 g/mol. The van der Waals surface area contributed by atoms with Gasteiger partial charge < -0.3 is 9.88 Å².